The van der Waals surface area contributed by atoms with Crippen LogP contribution in [0.5, 0.6) is 5.75 Å². The molecule has 0 spiro atoms. The number of amides is 1. The zero-order valence-corrected chi connectivity index (χ0v) is 12.1. The first-order chi connectivity index (χ1) is 10.2. The number of hydrogen-bond acceptors (Lipinski definition) is 3. The first kappa shape index (κ1) is 15.1. The molecule has 110 valence electrons. The lowest BCUT2D eigenvalue weighted by atomic mass is 10.1. The van der Waals surface area contributed by atoms with Crippen LogP contribution in [0.1, 0.15) is 22.8 Å². The molecular formula is C17H20N2O2. The van der Waals surface area contributed by atoms with Gasteiger partial charge in [-0.3, -0.25) is 4.79 Å². The van der Waals surface area contributed by atoms with Gasteiger partial charge in [0.25, 0.3) is 5.91 Å². The number of rotatable bonds is 6. The van der Waals surface area contributed by atoms with E-state index in [1.807, 2.05) is 48.5 Å². The third kappa shape index (κ3) is 4.07. The van der Waals surface area contributed by atoms with Gasteiger partial charge in [-0.2, -0.15) is 0 Å². The lowest BCUT2D eigenvalue weighted by molar-refractivity contribution is 0.102. The molecule has 2 rings (SSSR count). The van der Waals surface area contributed by atoms with Crippen molar-refractivity contribution in [1.29, 1.82) is 0 Å². The van der Waals surface area contributed by atoms with Crippen LogP contribution in [0.2, 0.25) is 0 Å². The molecule has 2 aromatic rings. The Morgan fingerprint density at radius 1 is 1.14 bits per heavy atom. The van der Waals surface area contributed by atoms with E-state index in [0.29, 0.717) is 30.2 Å². The Morgan fingerprint density at radius 3 is 2.52 bits per heavy atom. The second-order valence-electron chi connectivity index (χ2n) is 4.64. The molecule has 0 radical (unpaired) electrons. The van der Waals surface area contributed by atoms with Gasteiger partial charge in [-0.1, -0.05) is 31.2 Å². The fourth-order valence-corrected chi connectivity index (χ4v) is 1.95. The molecule has 0 unspecified atom stereocenters. The molecule has 21 heavy (non-hydrogen) atoms. The first-order valence-electron chi connectivity index (χ1n) is 7.06. The SMILES string of the molecule is CCc1ccc(C(=O)Nc2ccccc2OCCN)cc1. The van der Waals surface area contributed by atoms with Crippen LogP contribution in [0.4, 0.5) is 5.69 Å². The van der Waals surface area contributed by atoms with Crippen LogP contribution in [0.15, 0.2) is 48.5 Å². The summed E-state index contributed by atoms with van der Waals surface area (Å²) >= 11 is 0. The fourth-order valence-electron chi connectivity index (χ4n) is 1.95. The number of aryl methyl sites for hydroxylation is 1. The van der Waals surface area contributed by atoms with Crippen molar-refractivity contribution in [3.8, 4) is 5.75 Å². The van der Waals surface area contributed by atoms with Crippen molar-refractivity contribution in [1.82, 2.24) is 0 Å². The van der Waals surface area contributed by atoms with Gasteiger partial charge in [0.2, 0.25) is 0 Å². The lowest BCUT2D eigenvalue weighted by Crippen LogP contribution is -2.15. The van der Waals surface area contributed by atoms with Crippen LogP contribution in [0, 0.1) is 0 Å². The van der Waals surface area contributed by atoms with E-state index in [4.69, 9.17) is 10.5 Å². The Morgan fingerprint density at radius 2 is 1.86 bits per heavy atom. The fraction of sp³-hybridized carbons (Fsp3) is 0.235. The van der Waals surface area contributed by atoms with E-state index in [-0.39, 0.29) is 5.91 Å². The molecule has 2 aromatic carbocycles. The Labute approximate surface area is 124 Å². The zero-order chi connectivity index (χ0) is 15.1. The van der Waals surface area contributed by atoms with Crippen LogP contribution in [0.25, 0.3) is 0 Å². The van der Waals surface area contributed by atoms with Crippen molar-refractivity contribution in [2.45, 2.75) is 13.3 Å². The van der Waals surface area contributed by atoms with E-state index in [2.05, 4.69) is 12.2 Å². The number of carbonyl (C=O) groups is 1. The van der Waals surface area contributed by atoms with E-state index >= 15 is 0 Å². The molecule has 3 N–H and O–H groups in total. The summed E-state index contributed by atoms with van der Waals surface area (Å²) in [6.07, 6.45) is 0.956. The standard InChI is InChI=1S/C17H20N2O2/c1-2-13-7-9-14(10-8-13)17(20)19-15-5-3-4-6-16(15)21-12-11-18/h3-10H,2,11-12,18H2,1H3,(H,19,20). The third-order valence-corrected chi connectivity index (χ3v) is 3.14. The molecule has 4 heteroatoms. The van der Waals surface area contributed by atoms with Gasteiger partial charge >= 0.3 is 0 Å². The van der Waals surface area contributed by atoms with Crippen molar-refractivity contribution in [3.63, 3.8) is 0 Å². The Kier molecular flexibility index (Phi) is 5.35. The Bertz CT molecular complexity index is 594. The highest BCUT2D eigenvalue weighted by molar-refractivity contribution is 6.05. The summed E-state index contributed by atoms with van der Waals surface area (Å²) in [5, 5.41) is 2.87. The molecule has 0 aromatic heterocycles. The first-order valence-corrected chi connectivity index (χ1v) is 7.06. The highest BCUT2D eigenvalue weighted by Gasteiger charge is 2.09. The quantitative estimate of drug-likeness (QED) is 0.857. The van der Waals surface area contributed by atoms with Gasteiger partial charge < -0.3 is 15.8 Å². The molecule has 0 atom stereocenters. The number of para-hydroxylation sites is 2. The highest BCUT2D eigenvalue weighted by Crippen LogP contribution is 2.24. The van der Waals surface area contributed by atoms with Crippen molar-refractivity contribution in [2.24, 2.45) is 5.73 Å². The minimum atomic E-state index is -0.151. The number of nitrogens with two attached hydrogens (primary N) is 1. The van der Waals surface area contributed by atoms with Crippen molar-refractivity contribution in [3.05, 3.63) is 59.7 Å². The molecule has 0 fully saturated rings. The maximum Gasteiger partial charge on any atom is 0.255 e. The lowest BCUT2D eigenvalue weighted by Gasteiger charge is -2.12. The number of nitrogens with one attached hydrogen (secondary N) is 1. The molecule has 0 aliphatic rings. The van der Waals surface area contributed by atoms with E-state index in [1.165, 1.54) is 5.56 Å². The average Bonchev–Trinajstić information content (AvgIpc) is 2.54. The number of carbonyl (C=O) groups excluding carboxylic acids is 1. The zero-order valence-electron chi connectivity index (χ0n) is 12.1. The van der Waals surface area contributed by atoms with E-state index in [1.54, 1.807) is 0 Å². The van der Waals surface area contributed by atoms with Gasteiger partial charge in [0.05, 0.1) is 5.69 Å². The normalized spacial score (nSPS) is 10.2. The van der Waals surface area contributed by atoms with Gasteiger partial charge in [-0.05, 0) is 36.2 Å². The van der Waals surface area contributed by atoms with Gasteiger partial charge in [0, 0.05) is 12.1 Å². The minimum Gasteiger partial charge on any atom is -0.490 e. The maximum atomic E-state index is 12.2. The van der Waals surface area contributed by atoms with Gasteiger partial charge in [0.1, 0.15) is 12.4 Å². The third-order valence-electron chi connectivity index (χ3n) is 3.14. The molecular weight excluding hydrogens is 264 g/mol. The summed E-state index contributed by atoms with van der Waals surface area (Å²) in [7, 11) is 0. The predicted octanol–water partition coefficient (Wildman–Crippen LogP) is 2.84. The second kappa shape index (κ2) is 7.45. The monoisotopic (exact) mass is 284 g/mol. The molecule has 0 saturated heterocycles. The summed E-state index contributed by atoms with van der Waals surface area (Å²) in [5.74, 6) is 0.475. The van der Waals surface area contributed by atoms with Crippen molar-refractivity contribution < 1.29 is 9.53 Å². The summed E-state index contributed by atoms with van der Waals surface area (Å²) in [5.41, 5.74) is 7.91. The molecule has 0 bridgehead atoms. The number of anilines is 1. The summed E-state index contributed by atoms with van der Waals surface area (Å²) in [6, 6.07) is 14.9. The second-order valence-corrected chi connectivity index (χ2v) is 4.64. The Balaban J connectivity index is 2.11. The van der Waals surface area contributed by atoms with Gasteiger partial charge in [0.15, 0.2) is 0 Å². The van der Waals surface area contributed by atoms with Crippen LogP contribution >= 0.6 is 0 Å². The Hall–Kier alpha value is -2.33. The molecule has 0 aliphatic heterocycles. The van der Waals surface area contributed by atoms with E-state index in [9.17, 15) is 4.79 Å². The van der Waals surface area contributed by atoms with E-state index in [0.717, 1.165) is 6.42 Å². The predicted molar refractivity (Wildman–Crippen MR) is 84.8 cm³/mol. The molecule has 4 nitrogen and oxygen atoms in total. The number of benzene rings is 2. The number of ether oxygens (including phenoxy) is 1. The van der Waals surface area contributed by atoms with Crippen molar-refractivity contribution in [2.75, 3.05) is 18.5 Å². The summed E-state index contributed by atoms with van der Waals surface area (Å²) < 4.78 is 5.52. The molecule has 0 heterocycles. The van der Waals surface area contributed by atoms with E-state index < -0.39 is 0 Å². The summed E-state index contributed by atoms with van der Waals surface area (Å²) in [4.78, 5) is 12.2. The van der Waals surface area contributed by atoms with Crippen molar-refractivity contribution >= 4 is 11.6 Å². The molecule has 1 amide bonds. The van der Waals surface area contributed by atoms with Gasteiger partial charge in [-0.15, -0.1) is 0 Å². The van der Waals surface area contributed by atoms with Crippen LogP contribution < -0.4 is 15.8 Å². The average molecular weight is 284 g/mol. The topological polar surface area (TPSA) is 64.3 Å². The molecule has 0 aliphatic carbocycles. The van der Waals surface area contributed by atoms with Crippen LogP contribution in [0.3, 0.4) is 0 Å². The molecule has 0 saturated carbocycles. The maximum absolute atomic E-state index is 12.2. The van der Waals surface area contributed by atoms with Crippen LogP contribution in [-0.2, 0) is 6.42 Å². The number of hydrogen-bond donors (Lipinski definition) is 2. The largest absolute Gasteiger partial charge is 0.490 e. The smallest absolute Gasteiger partial charge is 0.255 e. The minimum absolute atomic E-state index is 0.151. The van der Waals surface area contributed by atoms with Crippen LogP contribution in [-0.4, -0.2) is 19.1 Å². The highest BCUT2D eigenvalue weighted by atomic mass is 16.5. The summed E-state index contributed by atoms with van der Waals surface area (Å²) in [6.45, 7) is 2.93. The van der Waals surface area contributed by atoms with Gasteiger partial charge in [-0.25, -0.2) is 0 Å².